The SMILES string of the molecule is NC1(C2CCOC3(CCOC3)C2)CCCOCC1. The Kier molecular flexibility index (Phi) is 3.63. The van der Waals surface area contributed by atoms with E-state index in [1.165, 1.54) is 0 Å². The molecule has 3 aliphatic rings. The molecule has 4 heteroatoms. The third-order valence-corrected chi connectivity index (χ3v) is 5.02. The Balaban J connectivity index is 1.70. The van der Waals surface area contributed by atoms with Gasteiger partial charge in [-0.2, -0.15) is 0 Å². The van der Waals surface area contributed by atoms with Crippen molar-refractivity contribution in [3.05, 3.63) is 0 Å². The molecule has 0 amide bonds. The maximum Gasteiger partial charge on any atom is 0.0940 e. The average molecular weight is 255 g/mol. The van der Waals surface area contributed by atoms with Crippen LogP contribution in [0.3, 0.4) is 0 Å². The third-order valence-electron chi connectivity index (χ3n) is 5.02. The molecular formula is C14H25NO3. The molecule has 4 nitrogen and oxygen atoms in total. The molecule has 3 heterocycles. The van der Waals surface area contributed by atoms with Gasteiger partial charge in [0.15, 0.2) is 0 Å². The van der Waals surface area contributed by atoms with Crippen molar-refractivity contribution in [2.75, 3.05) is 33.0 Å². The van der Waals surface area contributed by atoms with Crippen LogP contribution >= 0.6 is 0 Å². The van der Waals surface area contributed by atoms with Crippen LogP contribution in [0.25, 0.3) is 0 Å². The van der Waals surface area contributed by atoms with Gasteiger partial charge < -0.3 is 19.9 Å². The summed E-state index contributed by atoms with van der Waals surface area (Å²) in [5, 5.41) is 0. The van der Waals surface area contributed by atoms with Crippen molar-refractivity contribution < 1.29 is 14.2 Å². The van der Waals surface area contributed by atoms with Gasteiger partial charge in [0.25, 0.3) is 0 Å². The van der Waals surface area contributed by atoms with Crippen LogP contribution in [-0.2, 0) is 14.2 Å². The van der Waals surface area contributed by atoms with Crippen LogP contribution in [0.2, 0.25) is 0 Å². The van der Waals surface area contributed by atoms with E-state index in [-0.39, 0.29) is 11.1 Å². The molecule has 3 rings (SSSR count). The topological polar surface area (TPSA) is 53.7 Å². The van der Waals surface area contributed by atoms with Gasteiger partial charge in [-0.05, 0) is 38.0 Å². The fourth-order valence-electron chi connectivity index (χ4n) is 3.78. The van der Waals surface area contributed by atoms with E-state index in [9.17, 15) is 0 Å². The minimum Gasteiger partial charge on any atom is -0.381 e. The zero-order chi connectivity index (χ0) is 12.5. The van der Waals surface area contributed by atoms with E-state index in [0.717, 1.165) is 71.6 Å². The van der Waals surface area contributed by atoms with Crippen molar-refractivity contribution in [2.24, 2.45) is 11.7 Å². The van der Waals surface area contributed by atoms with Crippen LogP contribution in [0, 0.1) is 5.92 Å². The minimum atomic E-state index is -0.0458. The quantitative estimate of drug-likeness (QED) is 0.771. The van der Waals surface area contributed by atoms with Crippen molar-refractivity contribution in [3.8, 4) is 0 Å². The van der Waals surface area contributed by atoms with Crippen LogP contribution < -0.4 is 5.73 Å². The smallest absolute Gasteiger partial charge is 0.0940 e. The number of rotatable bonds is 1. The van der Waals surface area contributed by atoms with Gasteiger partial charge in [-0.1, -0.05) is 0 Å². The van der Waals surface area contributed by atoms with E-state index in [4.69, 9.17) is 19.9 Å². The van der Waals surface area contributed by atoms with Crippen LogP contribution in [0.1, 0.15) is 38.5 Å². The number of ether oxygens (including phenoxy) is 3. The molecule has 3 aliphatic heterocycles. The fraction of sp³-hybridized carbons (Fsp3) is 1.00. The second kappa shape index (κ2) is 5.08. The summed E-state index contributed by atoms with van der Waals surface area (Å²) < 4.78 is 17.1. The standard InChI is InChI=1S/C14H25NO3/c15-14(3-1-6-16-9-5-14)12-2-7-18-13(10-12)4-8-17-11-13/h12H,1-11,15H2. The lowest BCUT2D eigenvalue weighted by Crippen LogP contribution is -2.54. The Hall–Kier alpha value is -0.160. The van der Waals surface area contributed by atoms with Crippen molar-refractivity contribution >= 4 is 0 Å². The molecule has 3 saturated heterocycles. The highest BCUT2D eigenvalue weighted by atomic mass is 16.6. The molecule has 104 valence electrons. The summed E-state index contributed by atoms with van der Waals surface area (Å²) in [4.78, 5) is 0. The Morgan fingerprint density at radius 1 is 0.944 bits per heavy atom. The summed E-state index contributed by atoms with van der Waals surface area (Å²) in [6.45, 7) is 4.13. The molecule has 0 radical (unpaired) electrons. The van der Waals surface area contributed by atoms with Crippen molar-refractivity contribution in [2.45, 2.75) is 49.7 Å². The molecule has 3 atom stereocenters. The molecule has 0 saturated carbocycles. The summed E-state index contributed by atoms with van der Waals surface area (Å²) in [5.41, 5.74) is 6.64. The monoisotopic (exact) mass is 255 g/mol. The maximum atomic E-state index is 6.71. The Morgan fingerprint density at radius 2 is 1.83 bits per heavy atom. The molecule has 18 heavy (non-hydrogen) atoms. The van der Waals surface area contributed by atoms with Gasteiger partial charge in [-0.25, -0.2) is 0 Å². The van der Waals surface area contributed by atoms with Crippen LogP contribution in [0.15, 0.2) is 0 Å². The predicted octanol–water partition coefficient (Wildman–Crippen LogP) is 1.47. The van der Waals surface area contributed by atoms with Crippen molar-refractivity contribution in [1.29, 1.82) is 0 Å². The molecule has 0 aliphatic carbocycles. The first-order valence-electron chi connectivity index (χ1n) is 7.31. The lowest BCUT2D eigenvalue weighted by atomic mass is 9.70. The molecule has 0 aromatic carbocycles. The second-order valence-corrected chi connectivity index (χ2v) is 6.22. The second-order valence-electron chi connectivity index (χ2n) is 6.22. The first-order chi connectivity index (χ1) is 8.73. The molecule has 0 aromatic rings. The highest BCUT2D eigenvalue weighted by Gasteiger charge is 2.46. The van der Waals surface area contributed by atoms with Crippen LogP contribution in [0.5, 0.6) is 0 Å². The Bertz CT molecular complexity index is 281. The molecule has 3 unspecified atom stereocenters. The maximum absolute atomic E-state index is 6.71. The molecular weight excluding hydrogens is 230 g/mol. The normalized spacial score (nSPS) is 46.2. The predicted molar refractivity (Wildman–Crippen MR) is 68.4 cm³/mol. The first kappa shape index (κ1) is 12.9. The Morgan fingerprint density at radius 3 is 2.67 bits per heavy atom. The summed E-state index contributed by atoms with van der Waals surface area (Å²) in [6, 6.07) is 0. The fourth-order valence-corrected chi connectivity index (χ4v) is 3.78. The van der Waals surface area contributed by atoms with Gasteiger partial charge in [-0.15, -0.1) is 0 Å². The largest absolute Gasteiger partial charge is 0.381 e. The Labute approximate surface area is 109 Å². The van der Waals surface area contributed by atoms with E-state index in [1.54, 1.807) is 0 Å². The lowest BCUT2D eigenvalue weighted by Gasteiger charge is -2.45. The number of nitrogens with two attached hydrogens (primary N) is 1. The number of hydrogen-bond acceptors (Lipinski definition) is 4. The van der Waals surface area contributed by atoms with E-state index in [1.807, 2.05) is 0 Å². The summed E-state index contributed by atoms with van der Waals surface area (Å²) in [5.74, 6) is 0.564. The highest BCUT2D eigenvalue weighted by molar-refractivity contribution is 5.00. The molecule has 2 N–H and O–H groups in total. The zero-order valence-electron chi connectivity index (χ0n) is 11.2. The van der Waals surface area contributed by atoms with Gasteiger partial charge in [0.2, 0.25) is 0 Å². The lowest BCUT2D eigenvalue weighted by molar-refractivity contribution is -0.110. The number of hydrogen-bond donors (Lipinski definition) is 1. The molecule has 0 aromatic heterocycles. The zero-order valence-corrected chi connectivity index (χ0v) is 11.2. The van der Waals surface area contributed by atoms with E-state index < -0.39 is 0 Å². The van der Waals surface area contributed by atoms with Gasteiger partial charge in [0, 0.05) is 38.4 Å². The van der Waals surface area contributed by atoms with Crippen LogP contribution in [-0.4, -0.2) is 44.2 Å². The average Bonchev–Trinajstić information content (AvgIpc) is 2.69. The highest BCUT2D eigenvalue weighted by Crippen LogP contribution is 2.42. The molecule has 1 spiro atoms. The summed E-state index contributed by atoms with van der Waals surface area (Å²) >= 11 is 0. The summed E-state index contributed by atoms with van der Waals surface area (Å²) in [7, 11) is 0. The van der Waals surface area contributed by atoms with E-state index in [2.05, 4.69) is 0 Å². The van der Waals surface area contributed by atoms with Gasteiger partial charge in [-0.3, -0.25) is 0 Å². The minimum absolute atomic E-state index is 0.0253. The third kappa shape index (κ3) is 2.44. The molecule has 0 bridgehead atoms. The van der Waals surface area contributed by atoms with Gasteiger partial charge in [0.1, 0.15) is 0 Å². The van der Waals surface area contributed by atoms with Gasteiger partial charge in [0.05, 0.1) is 12.2 Å². The molecule has 3 fully saturated rings. The van der Waals surface area contributed by atoms with E-state index in [0.29, 0.717) is 5.92 Å². The van der Waals surface area contributed by atoms with Gasteiger partial charge >= 0.3 is 0 Å². The summed E-state index contributed by atoms with van der Waals surface area (Å²) in [6.07, 6.45) is 6.39. The van der Waals surface area contributed by atoms with E-state index >= 15 is 0 Å². The first-order valence-corrected chi connectivity index (χ1v) is 7.31. The van der Waals surface area contributed by atoms with Crippen molar-refractivity contribution in [3.63, 3.8) is 0 Å². The van der Waals surface area contributed by atoms with Crippen molar-refractivity contribution in [1.82, 2.24) is 0 Å². The van der Waals surface area contributed by atoms with Crippen LogP contribution in [0.4, 0.5) is 0 Å².